The van der Waals surface area contributed by atoms with E-state index in [0.717, 1.165) is 6.42 Å². The van der Waals surface area contributed by atoms with Gasteiger partial charge in [-0.25, -0.2) is 4.79 Å². The van der Waals surface area contributed by atoms with Crippen LogP contribution in [0.15, 0.2) is 72.8 Å². The van der Waals surface area contributed by atoms with E-state index in [1.54, 1.807) is 4.90 Å². The number of fused-ring (bicyclic) bond motifs is 4. The SMILES string of the molecule is NC[C@@H]1Cc2ccccc2CN1C(=O)OCC1c2ccccc2-c2ccccc21. The minimum atomic E-state index is -0.281. The van der Waals surface area contributed by atoms with Gasteiger partial charge in [-0.05, 0) is 39.8 Å². The van der Waals surface area contributed by atoms with Gasteiger partial charge in [0.25, 0.3) is 0 Å². The van der Waals surface area contributed by atoms with E-state index in [1.807, 2.05) is 24.3 Å². The molecule has 5 rings (SSSR count). The van der Waals surface area contributed by atoms with Crippen molar-refractivity contribution in [2.24, 2.45) is 5.73 Å². The van der Waals surface area contributed by atoms with Crippen LogP contribution in [0, 0.1) is 0 Å². The quantitative estimate of drug-likeness (QED) is 0.732. The second kappa shape index (κ2) is 7.37. The first kappa shape index (κ1) is 18.0. The second-order valence-electron chi connectivity index (χ2n) is 7.79. The van der Waals surface area contributed by atoms with Crippen LogP contribution >= 0.6 is 0 Å². The topological polar surface area (TPSA) is 55.6 Å². The van der Waals surface area contributed by atoms with Gasteiger partial charge in [-0.2, -0.15) is 0 Å². The number of hydrogen-bond acceptors (Lipinski definition) is 3. The summed E-state index contributed by atoms with van der Waals surface area (Å²) in [5.74, 6) is 0.0692. The lowest BCUT2D eigenvalue weighted by atomic mass is 9.94. The zero-order valence-electron chi connectivity index (χ0n) is 16.3. The molecule has 146 valence electrons. The van der Waals surface area contributed by atoms with Crippen molar-refractivity contribution in [3.8, 4) is 11.1 Å². The molecule has 29 heavy (non-hydrogen) atoms. The fraction of sp³-hybridized carbons (Fsp3) is 0.240. The highest BCUT2D eigenvalue weighted by Gasteiger charge is 2.32. The number of carbonyl (C=O) groups excluding carboxylic acids is 1. The van der Waals surface area contributed by atoms with Crippen LogP contribution < -0.4 is 5.73 Å². The molecule has 3 aromatic carbocycles. The molecule has 0 unspecified atom stereocenters. The maximum absolute atomic E-state index is 13.0. The molecule has 0 saturated heterocycles. The predicted molar refractivity (Wildman–Crippen MR) is 114 cm³/mol. The highest BCUT2D eigenvalue weighted by Crippen LogP contribution is 2.44. The fourth-order valence-electron chi connectivity index (χ4n) is 4.69. The number of benzene rings is 3. The first-order valence-corrected chi connectivity index (χ1v) is 10.1. The molecule has 4 nitrogen and oxygen atoms in total. The Labute approximate surface area is 170 Å². The number of carbonyl (C=O) groups is 1. The molecule has 1 amide bonds. The molecule has 0 aromatic heterocycles. The number of nitrogens with zero attached hydrogens (tertiary/aromatic N) is 1. The molecule has 3 aromatic rings. The van der Waals surface area contributed by atoms with E-state index in [9.17, 15) is 4.79 Å². The third kappa shape index (κ3) is 3.10. The molecule has 0 saturated carbocycles. The van der Waals surface area contributed by atoms with Gasteiger partial charge in [-0.3, -0.25) is 4.90 Å². The van der Waals surface area contributed by atoms with Crippen molar-refractivity contribution in [1.82, 2.24) is 4.90 Å². The number of hydrogen-bond donors (Lipinski definition) is 1. The van der Waals surface area contributed by atoms with Crippen LogP contribution in [-0.2, 0) is 17.7 Å². The molecule has 1 aliphatic heterocycles. The summed E-state index contributed by atoms with van der Waals surface area (Å²) < 4.78 is 5.86. The van der Waals surface area contributed by atoms with E-state index in [4.69, 9.17) is 10.5 Å². The number of nitrogens with two attached hydrogens (primary N) is 1. The highest BCUT2D eigenvalue weighted by molar-refractivity contribution is 5.79. The summed E-state index contributed by atoms with van der Waals surface area (Å²) in [4.78, 5) is 14.8. The first-order chi connectivity index (χ1) is 14.3. The Morgan fingerprint density at radius 2 is 1.48 bits per heavy atom. The molecular formula is C25H24N2O2. The van der Waals surface area contributed by atoms with Gasteiger partial charge < -0.3 is 10.5 Å². The van der Waals surface area contributed by atoms with Gasteiger partial charge in [0, 0.05) is 19.0 Å². The van der Waals surface area contributed by atoms with Gasteiger partial charge in [0.05, 0.1) is 6.04 Å². The Bertz CT molecular complexity index is 1020. The van der Waals surface area contributed by atoms with Crippen molar-refractivity contribution < 1.29 is 9.53 Å². The van der Waals surface area contributed by atoms with Crippen molar-refractivity contribution in [2.45, 2.75) is 24.9 Å². The third-order valence-corrected chi connectivity index (χ3v) is 6.20. The fourth-order valence-corrected chi connectivity index (χ4v) is 4.69. The van der Waals surface area contributed by atoms with Crippen LogP contribution in [0.2, 0.25) is 0 Å². The minimum absolute atomic E-state index is 0.0273. The third-order valence-electron chi connectivity index (χ3n) is 6.20. The molecule has 0 fully saturated rings. The Morgan fingerprint density at radius 1 is 0.897 bits per heavy atom. The summed E-state index contributed by atoms with van der Waals surface area (Å²) in [6.45, 7) is 1.32. The van der Waals surface area contributed by atoms with Crippen molar-refractivity contribution in [1.29, 1.82) is 0 Å². The molecule has 2 aliphatic rings. The van der Waals surface area contributed by atoms with E-state index in [1.165, 1.54) is 33.4 Å². The van der Waals surface area contributed by atoms with Gasteiger partial charge in [0.2, 0.25) is 0 Å². The zero-order chi connectivity index (χ0) is 19.8. The highest BCUT2D eigenvalue weighted by atomic mass is 16.6. The molecule has 2 N–H and O–H groups in total. The summed E-state index contributed by atoms with van der Waals surface area (Å²) >= 11 is 0. The van der Waals surface area contributed by atoms with Gasteiger partial charge in [0.1, 0.15) is 6.61 Å². The molecule has 1 atom stereocenters. The lowest BCUT2D eigenvalue weighted by Crippen LogP contribution is -2.48. The summed E-state index contributed by atoms with van der Waals surface area (Å²) in [5.41, 5.74) is 13.3. The average molecular weight is 384 g/mol. The summed E-state index contributed by atoms with van der Waals surface area (Å²) in [6, 6.07) is 25.0. The first-order valence-electron chi connectivity index (χ1n) is 10.1. The van der Waals surface area contributed by atoms with Crippen LogP contribution in [0.5, 0.6) is 0 Å². The number of ether oxygens (including phenoxy) is 1. The lowest BCUT2D eigenvalue weighted by molar-refractivity contribution is 0.0779. The van der Waals surface area contributed by atoms with Gasteiger partial charge >= 0.3 is 6.09 Å². The summed E-state index contributed by atoms with van der Waals surface area (Å²) in [5, 5.41) is 0. The number of amides is 1. The minimum Gasteiger partial charge on any atom is -0.448 e. The average Bonchev–Trinajstić information content (AvgIpc) is 3.10. The molecule has 1 heterocycles. The van der Waals surface area contributed by atoms with Gasteiger partial charge in [-0.15, -0.1) is 0 Å². The van der Waals surface area contributed by atoms with E-state index < -0.39 is 0 Å². The van der Waals surface area contributed by atoms with Crippen molar-refractivity contribution in [2.75, 3.05) is 13.2 Å². The van der Waals surface area contributed by atoms with Crippen molar-refractivity contribution in [3.05, 3.63) is 95.1 Å². The summed E-state index contributed by atoms with van der Waals surface area (Å²) in [6.07, 6.45) is 0.494. The largest absolute Gasteiger partial charge is 0.448 e. The van der Waals surface area contributed by atoms with Gasteiger partial charge in [0.15, 0.2) is 0 Å². The molecule has 4 heteroatoms. The van der Waals surface area contributed by atoms with E-state index >= 15 is 0 Å². The monoisotopic (exact) mass is 384 g/mol. The van der Waals surface area contributed by atoms with Crippen LogP contribution in [0.3, 0.4) is 0 Å². The summed E-state index contributed by atoms with van der Waals surface area (Å²) in [7, 11) is 0. The van der Waals surface area contributed by atoms with Crippen molar-refractivity contribution >= 4 is 6.09 Å². The van der Waals surface area contributed by atoms with E-state index in [2.05, 4.69) is 48.5 Å². The maximum Gasteiger partial charge on any atom is 0.410 e. The standard InChI is InChI=1S/C25H24N2O2/c26-14-19-13-17-7-1-2-8-18(17)15-27(19)25(28)29-16-24-22-11-5-3-9-20(22)21-10-4-6-12-23(21)24/h1-12,19,24H,13-16,26H2/t19-/m0/s1. The molecule has 0 spiro atoms. The Balaban J connectivity index is 1.36. The molecule has 0 radical (unpaired) electrons. The van der Waals surface area contributed by atoms with Crippen LogP contribution in [0.25, 0.3) is 11.1 Å². The zero-order valence-corrected chi connectivity index (χ0v) is 16.3. The normalized spacial score (nSPS) is 17.4. The molecular weight excluding hydrogens is 360 g/mol. The Hall–Kier alpha value is -3.11. The van der Waals surface area contributed by atoms with Crippen LogP contribution in [0.1, 0.15) is 28.2 Å². The molecule has 1 aliphatic carbocycles. The maximum atomic E-state index is 13.0. The van der Waals surface area contributed by atoms with Crippen LogP contribution in [-0.4, -0.2) is 30.2 Å². The number of rotatable bonds is 3. The molecule has 0 bridgehead atoms. The van der Waals surface area contributed by atoms with Crippen molar-refractivity contribution in [3.63, 3.8) is 0 Å². The Kier molecular flexibility index (Phi) is 4.57. The van der Waals surface area contributed by atoms with Gasteiger partial charge in [-0.1, -0.05) is 72.8 Å². The Morgan fingerprint density at radius 3 is 2.14 bits per heavy atom. The second-order valence-corrected chi connectivity index (χ2v) is 7.79. The van der Waals surface area contributed by atoms with E-state index in [-0.39, 0.29) is 18.1 Å². The lowest BCUT2D eigenvalue weighted by Gasteiger charge is -2.35. The van der Waals surface area contributed by atoms with Crippen LogP contribution in [0.4, 0.5) is 4.79 Å². The van der Waals surface area contributed by atoms with E-state index in [0.29, 0.717) is 19.7 Å². The smallest absolute Gasteiger partial charge is 0.410 e. The predicted octanol–water partition coefficient (Wildman–Crippen LogP) is 4.32.